The van der Waals surface area contributed by atoms with E-state index in [0.717, 1.165) is 5.56 Å². The molecule has 7 nitrogen and oxygen atoms in total. The van der Waals surface area contributed by atoms with E-state index in [-0.39, 0.29) is 24.5 Å². The first-order valence-corrected chi connectivity index (χ1v) is 6.22. The molecule has 1 aromatic carbocycles. The molecule has 1 unspecified atom stereocenters. The third kappa shape index (κ3) is 1.92. The number of rotatable bonds is 3. The highest BCUT2D eigenvalue weighted by Crippen LogP contribution is 2.36. The Morgan fingerprint density at radius 1 is 1.50 bits per heavy atom. The zero-order chi connectivity index (χ0) is 14.3. The molecule has 104 valence electrons. The molecule has 3 rings (SSSR count). The van der Waals surface area contributed by atoms with E-state index < -0.39 is 4.92 Å². The third-order valence-electron chi connectivity index (χ3n) is 3.23. The number of aliphatic hydroxyl groups excluding tert-OH is 1. The molecule has 1 aliphatic rings. The highest BCUT2D eigenvalue weighted by molar-refractivity contribution is 5.69. The molecule has 1 atom stereocenters. The normalized spacial score (nSPS) is 16.8. The van der Waals surface area contributed by atoms with Crippen LogP contribution >= 0.6 is 0 Å². The van der Waals surface area contributed by atoms with Crippen molar-refractivity contribution in [3.05, 3.63) is 39.9 Å². The largest absolute Gasteiger partial charge is 0.440 e. The number of hydrogen-bond donors (Lipinski definition) is 1. The first-order valence-electron chi connectivity index (χ1n) is 6.22. The molecule has 0 spiro atoms. The number of nitrogens with zero attached hydrogens (tertiary/aromatic N) is 3. The lowest BCUT2D eigenvalue weighted by atomic mass is 10.1. The second-order valence-electron chi connectivity index (χ2n) is 4.72. The third-order valence-corrected chi connectivity index (χ3v) is 3.23. The van der Waals surface area contributed by atoms with Gasteiger partial charge in [0.15, 0.2) is 5.69 Å². The monoisotopic (exact) mass is 275 g/mol. The van der Waals surface area contributed by atoms with Crippen molar-refractivity contribution in [3.63, 3.8) is 0 Å². The maximum atomic E-state index is 11.3. The Morgan fingerprint density at radius 3 is 2.80 bits per heavy atom. The molecule has 7 heteroatoms. The molecule has 1 aromatic heterocycles. The van der Waals surface area contributed by atoms with Crippen LogP contribution < -0.4 is 4.74 Å². The molecule has 0 fully saturated rings. The molecule has 1 aliphatic heterocycles. The highest BCUT2D eigenvalue weighted by atomic mass is 16.6. The summed E-state index contributed by atoms with van der Waals surface area (Å²) in [6.07, 6.45) is -0.109. The summed E-state index contributed by atoms with van der Waals surface area (Å²) < 4.78 is 6.94. The standard InChI is InChI=1S/C13H13N3O4/c1-8-6-15-12(16(18)19)11(14-13(15)20-8)10-4-2-9(7-17)3-5-10/h2-5,8,17H,6-7H2,1H3. The number of benzene rings is 1. The van der Waals surface area contributed by atoms with E-state index in [0.29, 0.717) is 17.8 Å². The first-order chi connectivity index (χ1) is 9.60. The van der Waals surface area contributed by atoms with Crippen molar-refractivity contribution in [1.29, 1.82) is 0 Å². The van der Waals surface area contributed by atoms with Gasteiger partial charge in [-0.1, -0.05) is 24.3 Å². The van der Waals surface area contributed by atoms with Crippen LogP contribution in [0.25, 0.3) is 11.3 Å². The van der Waals surface area contributed by atoms with Crippen LogP contribution in [0, 0.1) is 10.1 Å². The number of aromatic nitrogens is 2. The minimum Gasteiger partial charge on any atom is -0.440 e. The Bertz CT molecular complexity index is 663. The Labute approximate surface area is 114 Å². The lowest BCUT2D eigenvalue weighted by molar-refractivity contribution is -0.391. The Morgan fingerprint density at radius 2 is 2.20 bits per heavy atom. The van der Waals surface area contributed by atoms with Crippen LogP contribution in [0.3, 0.4) is 0 Å². The average molecular weight is 275 g/mol. The SMILES string of the molecule is CC1Cn2c(nc(-c3ccc(CO)cc3)c2[N+](=O)[O-])O1. The van der Waals surface area contributed by atoms with Crippen molar-refractivity contribution in [1.82, 2.24) is 9.55 Å². The molecule has 0 aliphatic carbocycles. The van der Waals surface area contributed by atoms with Crippen LogP contribution in [0.2, 0.25) is 0 Å². The highest BCUT2D eigenvalue weighted by Gasteiger charge is 2.36. The second kappa shape index (κ2) is 4.61. The molecule has 2 aromatic rings. The number of ether oxygens (including phenoxy) is 1. The van der Waals surface area contributed by atoms with Crippen LogP contribution in [-0.2, 0) is 13.2 Å². The predicted molar refractivity (Wildman–Crippen MR) is 70.3 cm³/mol. The van der Waals surface area contributed by atoms with Gasteiger partial charge in [0.05, 0.1) is 6.61 Å². The summed E-state index contributed by atoms with van der Waals surface area (Å²) >= 11 is 0. The Balaban J connectivity index is 2.09. The smallest absolute Gasteiger partial charge is 0.392 e. The van der Waals surface area contributed by atoms with Crippen molar-refractivity contribution in [2.24, 2.45) is 0 Å². The Hall–Kier alpha value is -2.41. The predicted octanol–water partition coefficient (Wildman–Crippen LogP) is 1.73. The van der Waals surface area contributed by atoms with Crippen molar-refractivity contribution < 1.29 is 14.8 Å². The van der Waals surface area contributed by atoms with E-state index in [9.17, 15) is 10.1 Å². The molecular weight excluding hydrogens is 262 g/mol. The van der Waals surface area contributed by atoms with Gasteiger partial charge in [0.1, 0.15) is 12.6 Å². The van der Waals surface area contributed by atoms with Gasteiger partial charge in [-0.15, -0.1) is 0 Å². The van der Waals surface area contributed by atoms with Crippen molar-refractivity contribution >= 4 is 5.82 Å². The fourth-order valence-electron chi connectivity index (χ4n) is 2.30. The molecule has 20 heavy (non-hydrogen) atoms. The lowest BCUT2D eigenvalue weighted by Gasteiger charge is -2.02. The van der Waals surface area contributed by atoms with Gasteiger partial charge in [-0.25, -0.2) is 0 Å². The first kappa shape index (κ1) is 12.6. The molecular formula is C13H13N3O4. The molecule has 0 radical (unpaired) electrons. The second-order valence-corrected chi connectivity index (χ2v) is 4.72. The summed E-state index contributed by atoms with van der Waals surface area (Å²) in [5, 5.41) is 20.3. The van der Waals surface area contributed by atoms with E-state index in [1.807, 2.05) is 6.92 Å². The molecule has 2 heterocycles. The molecule has 1 N–H and O–H groups in total. The molecule has 0 saturated carbocycles. The number of imidazole rings is 1. The summed E-state index contributed by atoms with van der Waals surface area (Å²) in [7, 11) is 0. The summed E-state index contributed by atoms with van der Waals surface area (Å²) in [4.78, 5) is 15.1. The van der Waals surface area contributed by atoms with Crippen LogP contribution in [0.5, 0.6) is 6.01 Å². The van der Waals surface area contributed by atoms with Gasteiger partial charge >= 0.3 is 11.8 Å². The molecule has 0 bridgehead atoms. The quantitative estimate of drug-likeness (QED) is 0.680. The summed E-state index contributed by atoms with van der Waals surface area (Å²) in [5.41, 5.74) is 1.67. The van der Waals surface area contributed by atoms with Crippen LogP contribution in [0.1, 0.15) is 12.5 Å². The van der Waals surface area contributed by atoms with Gasteiger partial charge in [0.25, 0.3) is 0 Å². The number of nitro groups is 1. The Kier molecular flexibility index (Phi) is 2.90. The summed E-state index contributed by atoms with van der Waals surface area (Å²) in [5.74, 6) is -0.0545. The molecule has 0 amide bonds. The lowest BCUT2D eigenvalue weighted by Crippen LogP contribution is -2.10. The zero-order valence-electron chi connectivity index (χ0n) is 10.8. The fourth-order valence-corrected chi connectivity index (χ4v) is 2.30. The fraction of sp³-hybridized carbons (Fsp3) is 0.308. The van der Waals surface area contributed by atoms with Gasteiger partial charge in [0.2, 0.25) is 0 Å². The van der Waals surface area contributed by atoms with Crippen molar-refractivity contribution in [2.75, 3.05) is 0 Å². The van der Waals surface area contributed by atoms with Crippen LogP contribution in [0.4, 0.5) is 5.82 Å². The maximum Gasteiger partial charge on any atom is 0.392 e. The minimum absolute atomic E-state index is 0.0545. The average Bonchev–Trinajstić information content (AvgIpc) is 2.94. The van der Waals surface area contributed by atoms with E-state index >= 15 is 0 Å². The van der Waals surface area contributed by atoms with E-state index in [1.165, 1.54) is 4.57 Å². The zero-order valence-corrected chi connectivity index (χ0v) is 10.8. The number of hydrogen-bond acceptors (Lipinski definition) is 5. The van der Waals surface area contributed by atoms with Gasteiger partial charge in [0, 0.05) is 5.56 Å². The van der Waals surface area contributed by atoms with Crippen molar-refractivity contribution in [2.45, 2.75) is 26.2 Å². The van der Waals surface area contributed by atoms with Gasteiger partial charge in [-0.05, 0) is 17.4 Å². The molecule has 0 saturated heterocycles. The summed E-state index contributed by atoms with van der Waals surface area (Å²) in [6.45, 7) is 2.20. The van der Waals surface area contributed by atoms with E-state index in [4.69, 9.17) is 9.84 Å². The minimum atomic E-state index is -0.437. The van der Waals surface area contributed by atoms with Gasteiger partial charge < -0.3 is 20.0 Å². The van der Waals surface area contributed by atoms with Crippen LogP contribution in [-0.4, -0.2) is 25.7 Å². The van der Waals surface area contributed by atoms with Gasteiger partial charge in [-0.2, -0.15) is 9.55 Å². The maximum absolute atomic E-state index is 11.3. The number of aliphatic hydroxyl groups is 1. The van der Waals surface area contributed by atoms with Crippen molar-refractivity contribution in [3.8, 4) is 17.3 Å². The topological polar surface area (TPSA) is 90.4 Å². The summed E-state index contributed by atoms with van der Waals surface area (Å²) in [6, 6.07) is 7.13. The van der Waals surface area contributed by atoms with E-state index in [2.05, 4.69) is 4.98 Å². The van der Waals surface area contributed by atoms with Crippen LogP contribution in [0.15, 0.2) is 24.3 Å². The van der Waals surface area contributed by atoms with E-state index in [1.54, 1.807) is 24.3 Å². The number of fused-ring (bicyclic) bond motifs is 1. The van der Waals surface area contributed by atoms with Gasteiger partial charge in [-0.3, -0.25) is 0 Å².